The van der Waals surface area contributed by atoms with E-state index < -0.39 is 71.4 Å². The van der Waals surface area contributed by atoms with Crippen molar-refractivity contribution in [3.05, 3.63) is 77.1 Å². The summed E-state index contributed by atoms with van der Waals surface area (Å²) in [7, 11) is 0. The smallest absolute Gasteiger partial charge is 0.416 e. The second-order valence-corrected chi connectivity index (χ2v) is 11.5. The van der Waals surface area contributed by atoms with Crippen LogP contribution in [0.2, 0.25) is 0 Å². The normalized spacial score (nSPS) is 20.8. The Hall–Kier alpha value is -4.21. The van der Waals surface area contributed by atoms with E-state index >= 15 is 0 Å². The number of esters is 1. The summed E-state index contributed by atoms with van der Waals surface area (Å²) in [5.41, 5.74) is -4.02. The van der Waals surface area contributed by atoms with E-state index in [1.54, 1.807) is 11.8 Å². The Morgan fingerprint density at radius 3 is 2.43 bits per heavy atom. The van der Waals surface area contributed by atoms with E-state index in [1.807, 2.05) is 0 Å². The third-order valence-electron chi connectivity index (χ3n) is 8.75. The summed E-state index contributed by atoms with van der Waals surface area (Å²) in [5, 5.41) is 4.72. The number of piperidine rings is 1. The summed E-state index contributed by atoms with van der Waals surface area (Å²) in [6.07, 6.45) is -6.62. The highest BCUT2D eigenvalue weighted by molar-refractivity contribution is 5.96. The van der Waals surface area contributed by atoms with Gasteiger partial charge in [-0.25, -0.2) is 13.8 Å². The number of aromatic nitrogens is 2. The van der Waals surface area contributed by atoms with Gasteiger partial charge in [-0.1, -0.05) is 12.1 Å². The monoisotopic (exact) mass is 673 g/mol. The molecule has 16 heteroatoms. The minimum atomic E-state index is -5.18. The van der Waals surface area contributed by atoms with Crippen LogP contribution in [-0.2, 0) is 27.0 Å². The highest BCUT2D eigenvalue weighted by Gasteiger charge is 2.67. The fourth-order valence-corrected chi connectivity index (χ4v) is 6.28. The molecule has 47 heavy (non-hydrogen) atoms. The van der Waals surface area contributed by atoms with Gasteiger partial charge in [-0.2, -0.15) is 26.3 Å². The van der Waals surface area contributed by atoms with Gasteiger partial charge in [0.05, 0.1) is 24.6 Å². The molecule has 0 radical (unpaired) electrons. The summed E-state index contributed by atoms with van der Waals surface area (Å²) in [4.78, 5) is 31.4. The molecule has 3 heterocycles. The highest BCUT2D eigenvalue weighted by atomic mass is 19.4. The number of nitrogens with one attached hydrogen (secondary N) is 2. The molecule has 0 bridgehead atoms. The first-order chi connectivity index (χ1) is 22.2. The van der Waals surface area contributed by atoms with Crippen molar-refractivity contribution in [2.24, 2.45) is 11.3 Å². The lowest BCUT2D eigenvalue weighted by Crippen LogP contribution is -2.53. The largest absolute Gasteiger partial charge is 0.466 e. The number of anilines is 2. The van der Waals surface area contributed by atoms with Crippen molar-refractivity contribution >= 4 is 23.5 Å². The topological polar surface area (TPSA) is 88.5 Å². The van der Waals surface area contributed by atoms with Gasteiger partial charge in [-0.05, 0) is 49.1 Å². The molecule has 1 aromatic heterocycles. The zero-order valence-corrected chi connectivity index (χ0v) is 25.0. The molecular weight excluding hydrogens is 642 g/mol. The fourth-order valence-electron chi connectivity index (χ4n) is 6.28. The lowest BCUT2D eigenvalue weighted by atomic mass is 9.72. The van der Waals surface area contributed by atoms with Gasteiger partial charge < -0.3 is 19.5 Å². The Bertz CT molecular complexity index is 1620. The summed E-state index contributed by atoms with van der Waals surface area (Å²) in [5.74, 6) is -6.62. The molecule has 2 aliphatic rings. The van der Waals surface area contributed by atoms with E-state index in [9.17, 15) is 44.7 Å². The number of carbonyl (C=O) groups is 2. The Morgan fingerprint density at radius 2 is 1.79 bits per heavy atom. The Morgan fingerprint density at radius 1 is 1.06 bits per heavy atom. The fraction of sp³-hybridized carbons (Fsp3) is 0.452. The predicted octanol–water partition coefficient (Wildman–Crippen LogP) is 5.88. The van der Waals surface area contributed by atoms with Crippen LogP contribution < -0.4 is 15.5 Å². The Balaban J connectivity index is 1.43. The van der Waals surface area contributed by atoms with Crippen LogP contribution in [0.4, 0.5) is 46.8 Å². The minimum Gasteiger partial charge on any atom is -0.466 e. The molecule has 3 aromatic rings. The van der Waals surface area contributed by atoms with Crippen molar-refractivity contribution in [2.75, 3.05) is 43.0 Å². The summed E-state index contributed by atoms with van der Waals surface area (Å²) in [6, 6.07) is 5.22. The molecule has 0 saturated carbocycles. The van der Waals surface area contributed by atoms with Crippen LogP contribution in [0.3, 0.4) is 0 Å². The first-order valence-electron chi connectivity index (χ1n) is 14.8. The Kier molecular flexibility index (Phi) is 9.53. The number of ether oxygens (including phenoxy) is 1. The van der Waals surface area contributed by atoms with Gasteiger partial charge >= 0.3 is 18.3 Å². The number of hydrogen-bond acceptors (Lipinski definition) is 6. The molecule has 1 amide bonds. The third kappa shape index (κ3) is 6.78. The number of carbonyl (C=O) groups excluding carboxylic acids is 2. The number of nitrogens with zero attached hydrogens (tertiary/aromatic N) is 3. The number of alkyl halides is 6. The number of benzene rings is 2. The van der Waals surface area contributed by atoms with E-state index in [2.05, 4.69) is 15.6 Å². The Labute approximate surface area is 264 Å². The molecule has 0 aliphatic carbocycles. The van der Waals surface area contributed by atoms with E-state index in [1.165, 1.54) is 23.0 Å². The van der Waals surface area contributed by atoms with Crippen molar-refractivity contribution in [1.82, 2.24) is 14.9 Å². The first-order valence-corrected chi connectivity index (χ1v) is 14.8. The summed E-state index contributed by atoms with van der Waals surface area (Å²) < 4.78 is 120. The molecule has 2 aliphatic heterocycles. The van der Waals surface area contributed by atoms with Crippen LogP contribution in [0.25, 0.3) is 0 Å². The van der Waals surface area contributed by atoms with Crippen LogP contribution in [0.15, 0.2) is 48.8 Å². The number of amides is 1. The molecule has 0 spiro atoms. The molecule has 2 atom stereocenters. The second-order valence-electron chi connectivity index (χ2n) is 11.5. The van der Waals surface area contributed by atoms with Gasteiger partial charge in [0.15, 0.2) is 5.41 Å². The quantitative estimate of drug-likeness (QED) is 0.230. The predicted molar refractivity (Wildman–Crippen MR) is 153 cm³/mol. The van der Waals surface area contributed by atoms with Gasteiger partial charge in [0.2, 0.25) is 11.9 Å². The standard InChI is InChI=1S/C31H31F8N5O3/c1-2-47-26(45)18-7-10-43(11-8-18)25-13-20(30(34,35)36)4-3-19(25)16-44-12-9-41-28(44)42-27(46)29(31(37,38)39)17-40-15-23(29)22-6-5-21(32)14-24(22)33/h3-6,9,12-14,18,23,40H,2,7-8,10-11,15-17H2,1H3,(H,41,42,46). The lowest BCUT2D eigenvalue weighted by Gasteiger charge is -2.35. The molecule has 2 unspecified atom stereocenters. The number of halogens is 8. The van der Waals surface area contributed by atoms with Gasteiger partial charge in [0, 0.05) is 56.2 Å². The summed E-state index contributed by atoms with van der Waals surface area (Å²) in [6.45, 7) is 0.855. The second kappa shape index (κ2) is 13.1. The molecule has 2 saturated heterocycles. The molecule has 2 fully saturated rings. The maximum atomic E-state index is 14.8. The van der Waals surface area contributed by atoms with Crippen LogP contribution in [0.5, 0.6) is 0 Å². The molecule has 2 N–H and O–H groups in total. The number of rotatable bonds is 8. The zero-order valence-electron chi connectivity index (χ0n) is 25.0. The SMILES string of the molecule is CCOC(=O)C1CCN(c2cc(C(F)(F)F)ccc2Cn2ccnc2NC(=O)C2(C(F)(F)F)CNCC2c2ccc(F)cc2F)CC1. The van der Waals surface area contributed by atoms with Gasteiger partial charge in [0.1, 0.15) is 11.6 Å². The molecule has 254 valence electrons. The van der Waals surface area contributed by atoms with E-state index in [0.29, 0.717) is 24.5 Å². The van der Waals surface area contributed by atoms with Crippen LogP contribution in [0.1, 0.15) is 42.4 Å². The van der Waals surface area contributed by atoms with Crippen molar-refractivity contribution in [3.8, 4) is 0 Å². The number of hydrogen-bond donors (Lipinski definition) is 2. The maximum Gasteiger partial charge on any atom is 0.416 e. The van der Waals surface area contributed by atoms with E-state index in [4.69, 9.17) is 4.74 Å². The van der Waals surface area contributed by atoms with Crippen molar-refractivity contribution < 1.29 is 49.4 Å². The zero-order chi connectivity index (χ0) is 34.1. The highest BCUT2D eigenvalue weighted by Crippen LogP contribution is 2.52. The van der Waals surface area contributed by atoms with E-state index in [0.717, 1.165) is 24.3 Å². The van der Waals surface area contributed by atoms with Crippen LogP contribution >= 0.6 is 0 Å². The van der Waals surface area contributed by atoms with Gasteiger partial charge in [-0.15, -0.1) is 0 Å². The summed E-state index contributed by atoms with van der Waals surface area (Å²) >= 11 is 0. The van der Waals surface area contributed by atoms with Crippen LogP contribution in [-0.4, -0.2) is 60.4 Å². The average Bonchev–Trinajstić information content (AvgIpc) is 3.65. The molecule has 2 aromatic carbocycles. The van der Waals surface area contributed by atoms with Crippen LogP contribution in [0, 0.1) is 23.0 Å². The average molecular weight is 674 g/mol. The van der Waals surface area contributed by atoms with Gasteiger partial charge in [-0.3, -0.25) is 14.9 Å². The van der Waals surface area contributed by atoms with Gasteiger partial charge in [0.25, 0.3) is 0 Å². The van der Waals surface area contributed by atoms with E-state index in [-0.39, 0.29) is 43.8 Å². The minimum absolute atomic E-state index is 0.186. The first kappa shape index (κ1) is 34.1. The third-order valence-corrected chi connectivity index (χ3v) is 8.75. The maximum absolute atomic E-state index is 14.8. The molecule has 5 rings (SSSR count). The van der Waals surface area contributed by atoms with Crippen molar-refractivity contribution in [1.29, 1.82) is 0 Å². The van der Waals surface area contributed by atoms with Crippen molar-refractivity contribution in [3.63, 3.8) is 0 Å². The lowest BCUT2D eigenvalue weighted by molar-refractivity contribution is -0.217. The van der Waals surface area contributed by atoms with Crippen molar-refractivity contribution in [2.45, 2.75) is 44.6 Å². The molecular formula is C31H31F8N5O3. The number of imidazole rings is 1. The molecule has 8 nitrogen and oxygen atoms in total.